The Balaban J connectivity index is 1.70. The minimum atomic E-state index is 0.772. The van der Waals surface area contributed by atoms with Crippen molar-refractivity contribution in [1.29, 1.82) is 0 Å². The highest BCUT2D eigenvalue weighted by atomic mass is 15.3. The predicted octanol–water partition coefficient (Wildman–Crippen LogP) is 0.781. The summed E-state index contributed by atoms with van der Waals surface area (Å²) in [5.74, 6) is 0. The van der Waals surface area contributed by atoms with Gasteiger partial charge in [0.2, 0.25) is 0 Å². The molecule has 2 N–H and O–H groups in total. The van der Waals surface area contributed by atoms with Crippen molar-refractivity contribution in [3.05, 3.63) is 35.7 Å². The van der Waals surface area contributed by atoms with Gasteiger partial charge >= 0.3 is 0 Å². The molecule has 0 spiro atoms. The molecule has 4 nitrogen and oxygen atoms in total. The summed E-state index contributed by atoms with van der Waals surface area (Å²) in [6.07, 6.45) is 9.20. The number of allylic oxidation sites excluding steroid dienone is 3. The van der Waals surface area contributed by atoms with E-state index in [-0.39, 0.29) is 0 Å². The summed E-state index contributed by atoms with van der Waals surface area (Å²) < 4.78 is 0. The zero-order valence-corrected chi connectivity index (χ0v) is 7.33. The third-order valence-corrected chi connectivity index (χ3v) is 1.97. The highest BCUT2D eigenvalue weighted by molar-refractivity contribution is 5.23. The molecule has 4 heteroatoms. The fourth-order valence-electron chi connectivity index (χ4n) is 1.28. The molecule has 1 aromatic heterocycles. The van der Waals surface area contributed by atoms with Crippen LogP contribution in [0.4, 0.5) is 0 Å². The van der Waals surface area contributed by atoms with E-state index in [9.17, 15) is 0 Å². The van der Waals surface area contributed by atoms with Crippen molar-refractivity contribution >= 4 is 0 Å². The number of nitrogens with zero attached hydrogens (tertiary/aromatic N) is 2. The van der Waals surface area contributed by atoms with Crippen LogP contribution in [-0.4, -0.2) is 22.0 Å². The second-order valence-electron chi connectivity index (χ2n) is 3.02. The van der Waals surface area contributed by atoms with Gasteiger partial charge in [-0.2, -0.15) is 15.4 Å². The summed E-state index contributed by atoms with van der Waals surface area (Å²) in [4.78, 5) is 0. The van der Waals surface area contributed by atoms with Crippen molar-refractivity contribution in [3.63, 3.8) is 0 Å². The zero-order valence-electron chi connectivity index (χ0n) is 7.33. The van der Waals surface area contributed by atoms with Crippen LogP contribution < -0.4 is 5.32 Å². The molecule has 2 rings (SSSR count). The van der Waals surface area contributed by atoms with Crippen molar-refractivity contribution in [2.24, 2.45) is 0 Å². The maximum atomic E-state index is 3.95. The molecule has 1 heterocycles. The molecule has 13 heavy (non-hydrogen) atoms. The molecule has 1 aliphatic rings. The number of hydrogen-bond acceptors (Lipinski definition) is 3. The van der Waals surface area contributed by atoms with Crippen LogP contribution >= 0.6 is 0 Å². The summed E-state index contributed by atoms with van der Waals surface area (Å²) in [6.45, 7) is 1.70. The molecule has 0 radical (unpaired) electrons. The van der Waals surface area contributed by atoms with Gasteiger partial charge in [0.05, 0.1) is 11.9 Å². The fraction of sp³-hybridized carbons (Fsp3) is 0.333. The van der Waals surface area contributed by atoms with Crippen LogP contribution in [-0.2, 0) is 6.54 Å². The Labute approximate surface area is 76.7 Å². The van der Waals surface area contributed by atoms with Crippen LogP contribution in [0.5, 0.6) is 0 Å². The second kappa shape index (κ2) is 4.00. The molecular formula is C9H12N4. The molecule has 0 saturated heterocycles. The fourth-order valence-corrected chi connectivity index (χ4v) is 1.28. The SMILES string of the molecule is C1=CCC(CNCc2cn[nH]n2)=C1. The van der Waals surface area contributed by atoms with Crippen LogP contribution in [0.1, 0.15) is 12.1 Å². The van der Waals surface area contributed by atoms with Gasteiger partial charge in [-0.05, 0) is 6.42 Å². The summed E-state index contributed by atoms with van der Waals surface area (Å²) in [6, 6.07) is 0. The smallest absolute Gasteiger partial charge is 0.0962 e. The van der Waals surface area contributed by atoms with E-state index in [1.165, 1.54) is 5.57 Å². The van der Waals surface area contributed by atoms with E-state index in [1.807, 2.05) is 0 Å². The molecule has 0 fully saturated rings. The van der Waals surface area contributed by atoms with E-state index in [0.717, 1.165) is 25.2 Å². The van der Waals surface area contributed by atoms with Gasteiger partial charge < -0.3 is 5.32 Å². The molecule has 0 aromatic carbocycles. The third-order valence-electron chi connectivity index (χ3n) is 1.97. The van der Waals surface area contributed by atoms with E-state index in [0.29, 0.717) is 0 Å². The highest BCUT2D eigenvalue weighted by Crippen LogP contribution is 2.08. The summed E-state index contributed by atoms with van der Waals surface area (Å²) in [5.41, 5.74) is 2.37. The number of hydrogen-bond donors (Lipinski definition) is 2. The molecule has 1 aliphatic carbocycles. The lowest BCUT2D eigenvalue weighted by molar-refractivity contribution is 0.713. The molecule has 0 unspecified atom stereocenters. The number of rotatable bonds is 4. The number of nitrogens with one attached hydrogen (secondary N) is 2. The van der Waals surface area contributed by atoms with Gasteiger partial charge in [0.1, 0.15) is 0 Å². The Morgan fingerprint density at radius 2 is 2.46 bits per heavy atom. The van der Waals surface area contributed by atoms with Crippen LogP contribution in [0.15, 0.2) is 30.0 Å². The van der Waals surface area contributed by atoms with Crippen LogP contribution in [0.3, 0.4) is 0 Å². The van der Waals surface area contributed by atoms with Crippen molar-refractivity contribution in [3.8, 4) is 0 Å². The van der Waals surface area contributed by atoms with Gasteiger partial charge in [-0.25, -0.2) is 0 Å². The van der Waals surface area contributed by atoms with Gasteiger partial charge in [0.15, 0.2) is 0 Å². The first-order valence-electron chi connectivity index (χ1n) is 4.35. The lowest BCUT2D eigenvalue weighted by Gasteiger charge is -2.02. The minimum absolute atomic E-state index is 0.772. The van der Waals surface area contributed by atoms with E-state index in [4.69, 9.17) is 0 Å². The third kappa shape index (κ3) is 2.26. The molecule has 68 valence electrons. The quantitative estimate of drug-likeness (QED) is 0.712. The lowest BCUT2D eigenvalue weighted by atomic mass is 10.2. The number of aromatic nitrogens is 3. The first-order valence-corrected chi connectivity index (χ1v) is 4.35. The molecular weight excluding hydrogens is 164 g/mol. The molecule has 0 amide bonds. The maximum absolute atomic E-state index is 3.95. The topological polar surface area (TPSA) is 53.6 Å². The minimum Gasteiger partial charge on any atom is -0.307 e. The number of aromatic amines is 1. The van der Waals surface area contributed by atoms with Crippen molar-refractivity contribution in [1.82, 2.24) is 20.7 Å². The van der Waals surface area contributed by atoms with Gasteiger partial charge in [-0.15, -0.1) is 0 Å². The van der Waals surface area contributed by atoms with Crippen LogP contribution in [0.2, 0.25) is 0 Å². The normalized spacial score (nSPS) is 14.9. The molecule has 0 aliphatic heterocycles. The Morgan fingerprint density at radius 3 is 3.15 bits per heavy atom. The van der Waals surface area contributed by atoms with E-state index in [2.05, 4.69) is 39.0 Å². The van der Waals surface area contributed by atoms with E-state index in [1.54, 1.807) is 6.20 Å². The Kier molecular flexibility index (Phi) is 2.52. The Morgan fingerprint density at radius 1 is 1.46 bits per heavy atom. The lowest BCUT2D eigenvalue weighted by Crippen LogP contribution is -2.16. The first-order chi connectivity index (χ1) is 6.45. The summed E-state index contributed by atoms with van der Waals surface area (Å²) >= 11 is 0. The summed E-state index contributed by atoms with van der Waals surface area (Å²) in [7, 11) is 0. The highest BCUT2D eigenvalue weighted by Gasteiger charge is 1.99. The molecule has 0 bridgehead atoms. The Bertz CT molecular complexity index is 310. The first kappa shape index (κ1) is 8.19. The van der Waals surface area contributed by atoms with Gasteiger partial charge in [0.25, 0.3) is 0 Å². The van der Waals surface area contributed by atoms with Crippen LogP contribution in [0.25, 0.3) is 0 Å². The maximum Gasteiger partial charge on any atom is 0.0962 e. The zero-order chi connectivity index (χ0) is 8.93. The second-order valence-corrected chi connectivity index (χ2v) is 3.02. The van der Waals surface area contributed by atoms with Crippen molar-refractivity contribution < 1.29 is 0 Å². The van der Waals surface area contributed by atoms with E-state index >= 15 is 0 Å². The molecule has 1 aromatic rings. The molecule has 0 saturated carbocycles. The predicted molar refractivity (Wildman–Crippen MR) is 49.9 cm³/mol. The van der Waals surface area contributed by atoms with Crippen molar-refractivity contribution in [2.75, 3.05) is 6.54 Å². The van der Waals surface area contributed by atoms with Gasteiger partial charge in [-0.3, -0.25) is 0 Å². The standard InChI is InChI=1S/C9H12N4/c1-2-4-8(3-1)5-10-6-9-7-11-13-12-9/h1-3,7,10H,4-6H2,(H,11,12,13). The van der Waals surface area contributed by atoms with Gasteiger partial charge in [-0.1, -0.05) is 23.8 Å². The van der Waals surface area contributed by atoms with E-state index < -0.39 is 0 Å². The number of H-pyrrole nitrogens is 1. The van der Waals surface area contributed by atoms with Crippen LogP contribution in [0, 0.1) is 0 Å². The van der Waals surface area contributed by atoms with Gasteiger partial charge in [0, 0.05) is 13.1 Å². The van der Waals surface area contributed by atoms with Crippen molar-refractivity contribution in [2.45, 2.75) is 13.0 Å². The average Bonchev–Trinajstić information content (AvgIpc) is 2.75. The largest absolute Gasteiger partial charge is 0.307 e. The Hall–Kier alpha value is -1.42. The monoisotopic (exact) mass is 176 g/mol. The summed E-state index contributed by atoms with van der Waals surface area (Å²) in [5, 5.41) is 13.6. The molecule has 0 atom stereocenters. The average molecular weight is 176 g/mol.